The Morgan fingerprint density at radius 1 is 1.25 bits per heavy atom. The van der Waals surface area contributed by atoms with E-state index in [9.17, 15) is 4.79 Å². The van der Waals surface area contributed by atoms with Crippen LogP contribution in [0.3, 0.4) is 0 Å². The predicted molar refractivity (Wildman–Crippen MR) is 79.4 cm³/mol. The number of carbonyl (C=O) groups excluding carboxylic acids is 1. The number of rotatable bonds is 9. The molecule has 1 N–H and O–H groups in total. The first-order chi connectivity index (χ1) is 9.56. The van der Waals surface area contributed by atoms with Crippen molar-refractivity contribution in [3.8, 4) is 0 Å². The van der Waals surface area contributed by atoms with E-state index >= 15 is 0 Å². The standard InChI is InChI=1S/C16H25NO3/c1-16(2,15(18)19-3)13-20-11-7-10-17-12-14-8-5-4-6-9-14/h4-6,8-9,17H,7,10-13H2,1-3H3. The van der Waals surface area contributed by atoms with Crippen molar-refractivity contribution >= 4 is 5.97 Å². The summed E-state index contributed by atoms with van der Waals surface area (Å²) < 4.78 is 10.3. The molecule has 0 aliphatic carbocycles. The van der Waals surface area contributed by atoms with E-state index < -0.39 is 5.41 Å². The normalized spacial score (nSPS) is 11.3. The van der Waals surface area contributed by atoms with Gasteiger partial charge in [0, 0.05) is 13.2 Å². The summed E-state index contributed by atoms with van der Waals surface area (Å²) in [4.78, 5) is 11.4. The number of esters is 1. The molecule has 4 heteroatoms. The third kappa shape index (κ3) is 6.17. The summed E-state index contributed by atoms with van der Waals surface area (Å²) in [6, 6.07) is 10.3. The van der Waals surface area contributed by atoms with E-state index in [0.717, 1.165) is 19.5 Å². The molecule has 0 atom stereocenters. The molecule has 1 aromatic carbocycles. The van der Waals surface area contributed by atoms with E-state index in [1.54, 1.807) is 0 Å². The van der Waals surface area contributed by atoms with Gasteiger partial charge in [0.25, 0.3) is 0 Å². The highest BCUT2D eigenvalue weighted by Gasteiger charge is 2.28. The van der Waals surface area contributed by atoms with Gasteiger partial charge in [-0.25, -0.2) is 0 Å². The first-order valence-corrected chi connectivity index (χ1v) is 6.97. The van der Waals surface area contributed by atoms with Gasteiger partial charge in [0.1, 0.15) is 0 Å². The van der Waals surface area contributed by atoms with Crippen LogP contribution in [-0.2, 0) is 20.8 Å². The Kier molecular flexibility index (Phi) is 7.26. The van der Waals surface area contributed by atoms with Crippen molar-refractivity contribution in [3.05, 3.63) is 35.9 Å². The third-order valence-electron chi connectivity index (χ3n) is 3.02. The van der Waals surface area contributed by atoms with E-state index in [2.05, 4.69) is 17.4 Å². The van der Waals surface area contributed by atoms with E-state index in [1.807, 2.05) is 32.0 Å². The lowest BCUT2D eigenvalue weighted by atomic mass is 9.95. The number of nitrogens with one attached hydrogen (secondary N) is 1. The highest BCUT2D eigenvalue weighted by Crippen LogP contribution is 2.17. The fourth-order valence-corrected chi connectivity index (χ4v) is 1.79. The van der Waals surface area contributed by atoms with Crippen LogP contribution in [0.25, 0.3) is 0 Å². The smallest absolute Gasteiger partial charge is 0.313 e. The zero-order valence-corrected chi connectivity index (χ0v) is 12.6. The quantitative estimate of drug-likeness (QED) is 0.557. The van der Waals surface area contributed by atoms with Gasteiger partial charge >= 0.3 is 5.97 Å². The third-order valence-corrected chi connectivity index (χ3v) is 3.02. The molecule has 0 aliphatic rings. The average Bonchev–Trinajstić information content (AvgIpc) is 2.46. The van der Waals surface area contributed by atoms with Crippen LogP contribution >= 0.6 is 0 Å². The molecule has 0 bridgehead atoms. The molecule has 0 radical (unpaired) electrons. The molecule has 0 saturated carbocycles. The summed E-state index contributed by atoms with van der Waals surface area (Å²) in [7, 11) is 1.40. The largest absolute Gasteiger partial charge is 0.469 e. The summed E-state index contributed by atoms with van der Waals surface area (Å²) in [5.74, 6) is -0.236. The predicted octanol–water partition coefficient (Wildman–Crippen LogP) is 2.38. The van der Waals surface area contributed by atoms with Crippen LogP contribution in [0.5, 0.6) is 0 Å². The van der Waals surface area contributed by atoms with Crippen LogP contribution < -0.4 is 5.32 Å². The van der Waals surface area contributed by atoms with E-state index in [4.69, 9.17) is 9.47 Å². The molecule has 0 unspecified atom stereocenters. The van der Waals surface area contributed by atoms with Crippen LogP contribution in [0.15, 0.2) is 30.3 Å². The highest BCUT2D eigenvalue weighted by molar-refractivity contribution is 5.75. The van der Waals surface area contributed by atoms with Gasteiger partial charge in [-0.2, -0.15) is 0 Å². The summed E-state index contributed by atoms with van der Waals surface area (Å²) >= 11 is 0. The lowest BCUT2D eigenvalue weighted by Gasteiger charge is -2.21. The fraction of sp³-hybridized carbons (Fsp3) is 0.562. The van der Waals surface area contributed by atoms with Crippen LogP contribution in [0.2, 0.25) is 0 Å². The van der Waals surface area contributed by atoms with Crippen LogP contribution in [0.4, 0.5) is 0 Å². The van der Waals surface area contributed by atoms with Gasteiger partial charge in [0.2, 0.25) is 0 Å². The summed E-state index contributed by atoms with van der Waals surface area (Å²) in [6.07, 6.45) is 0.921. The van der Waals surface area contributed by atoms with E-state index in [-0.39, 0.29) is 5.97 Å². The Labute approximate surface area is 121 Å². The number of carbonyl (C=O) groups is 1. The first kappa shape index (κ1) is 16.7. The fourth-order valence-electron chi connectivity index (χ4n) is 1.79. The zero-order valence-electron chi connectivity index (χ0n) is 12.6. The van der Waals surface area contributed by atoms with Crippen molar-refractivity contribution in [1.82, 2.24) is 5.32 Å². The van der Waals surface area contributed by atoms with Gasteiger partial charge < -0.3 is 14.8 Å². The molecule has 0 amide bonds. The minimum absolute atomic E-state index is 0.236. The molecule has 4 nitrogen and oxygen atoms in total. The van der Waals surface area contributed by atoms with E-state index in [0.29, 0.717) is 13.2 Å². The second-order valence-corrected chi connectivity index (χ2v) is 5.44. The molecule has 0 spiro atoms. The Morgan fingerprint density at radius 3 is 2.60 bits per heavy atom. The zero-order chi connectivity index (χ0) is 14.8. The molecule has 0 saturated heterocycles. The second kappa shape index (κ2) is 8.72. The maximum absolute atomic E-state index is 11.4. The van der Waals surface area contributed by atoms with Crippen LogP contribution in [0, 0.1) is 5.41 Å². The topological polar surface area (TPSA) is 47.6 Å². The van der Waals surface area contributed by atoms with Crippen molar-refractivity contribution in [2.75, 3.05) is 26.9 Å². The van der Waals surface area contributed by atoms with Gasteiger partial charge in [-0.15, -0.1) is 0 Å². The van der Waals surface area contributed by atoms with Crippen molar-refractivity contribution in [2.45, 2.75) is 26.8 Å². The Bertz CT molecular complexity index is 390. The maximum Gasteiger partial charge on any atom is 0.313 e. The van der Waals surface area contributed by atoms with Crippen LogP contribution in [-0.4, -0.2) is 32.8 Å². The molecule has 0 fully saturated rings. The first-order valence-electron chi connectivity index (χ1n) is 6.97. The summed E-state index contributed by atoms with van der Waals surface area (Å²) in [5, 5.41) is 3.36. The SMILES string of the molecule is COC(=O)C(C)(C)COCCCNCc1ccccc1. The Hall–Kier alpha value is -1.39. The number of ether oxygens (including phenoxy) is 2. The van der Waals surface area contributed by atoms with Gasteiger partial charge in [-0.1, -0.05) is 30.3 Å². The minimum Gasteiger partial charge on any atom is -0.469 e. The summed E-state index contributed by atoms with van der Waals surface area (Å²) in [6.45, 7) is 6.45. The molecule has 112 valence electrons. The average molecular weight is 279 g/mol. The maximum atomic E-state index is 11.4. The van der Waals surface area contributed by atoms with Crippen LogP contribution in [0.1, 0.15) is 25.8 Å². The number of hydrogen-bond acceptors (Lipinski definition) is 4. The highest BCUT2D eigenvalue weighted by atomic mass is 16.5. The molecule has 1 rings (SSSR count). The van der Waals surface area contributed by atoms with Crippen molar-refractivity contribution < 1.29 is 14.3 Å². The van der Waals surface area contributed by atoms with Gasteiger partial charge in [-0.3, -0.25) is 4.79 Å². The minimum atomic E-state index is -0.577. The molecule has 1 aromatic rings. The van der Waals surface area contributed by atoms with Gasteiger partial charge in [-0.05, 0) is 32.4 Å². The lowest BCUT2D eigenvalue weighted by Crippen LogP contribution is -2.31. The van der Waals surface area contributed by atoms with Gasteiger partial charge in [0.15, 0.2) is 0 Å². The Morgan fingerprint density at radius 2 is 1.95 bits per heavy atom. The molecule has 0 aromatic heterocycles. The van der Waals surface area contributed by atoms with E-state index in [1.165, 1.54) is 12.7 Å². The molecule has 0 heterocycles. The molecular weight excluding hydrogens is 254 g/mol. The van der Waals surface area contributed by atoms with Crippen molar-refractivity contribution in [2.24, 2.45) is 5.41 Å². The lowest BCUT2D eigenvalue weighted by molar-refractivity contribution is -0.154. The molecule has 20 heavy (non-hydrogen) atoms. The van der Waals surface area contributed by atoms with Crippen molar-refractivity contribution in [3.63, 3.8) is 0 Å². The summed E-state index contributed by atoms with van der Waals surface area (Å²) in [5.41, 5.74) is 0.701. The second-order valence-electron chi connectivity index (χ2n) is 5.44. The monoisotopic (exact) mass is 279 g/mol. The number of benzene rings is 1. The van der Waals surface area contributed by atoms with Gasteiger partial charge in [0.05, 0.1) is 19.1 Å². The van der Waals surface area contributed by atoms with Crippen molar-refractivity contribution in [1.29, 1.82) is 0 Å². The Balaban J connectivity index is 2.04. The molecular formula is C16H25NO3. The number of hydrogen-bond donors (Lipinski definition) is 1. The number of methoxy groups -OCH3 is 1. The molecule has 0 aliphatic heterocycles.